The van der Waals surface area contributed by atoms with E-state index in [2.05, 4.69) is 4.98 Å². The number of carbonyl (C=O) groups excluding carboxylic acids is 3. The molecule has 0 amide bonds. The van der Waals surface area contributed by atoms with Crippen LogP contribution in [0.25, 0.3) is 0 Å². The highest BCUT2D eigenvalue weighted by molar-refractivity contribution is 6.05. The van der Waals surface area contributed by atoms with Gasteiger partial charge in [0.25, 0.3) is 0 Å². The summed E-state index contributed by atoms with van der Waals surface area (Å²) >= 11 is 0. The number of aliphatic hydroxyl groups is 1. The molecule has 6 nitrogen and oxygen atoms in total. The van der Waals surface area contributed by atoms with Crippen molar-refractivity contribution in [1.29, 1.82) is 0 Å². The normalized spacial score (nSPS) is 34.3. The first-order chi connectivity index (χ1) is 13.0. The lowest BCUT2D eigenvalue weighted by molar-refractivity contribution is -0.198. The van der Waals surface area contributed by atoms with Crippen LogP contribution in [0.15, 0.2) is 0 Å². The first-order valence-electron chi connectivity index (χ1n) is 10.2. The van der Waals surface area contributed by atoms with Crippen molar-refractivity contribution in [2.75, 3.05) is 0 Å². The van der Waals surface area contributed by atoms with Crippen LogP contribution in [0.1, 0.15) is 84.5 Å². The van der Waals surface area contributed by atoms with E-state index >= 15 is 0 Å². The third kappa shape index (κ3) is 2.93. The first-order valence-corrected chi connectivity index (χ1v) is 10.2. The zero-order valence-electron chi connectivity index (χ0n) is 17.1. The molecule has 2 unspecified atom stereocenters. The van der Waals surface area contributed by atoms with Crippen LogP contribution in [0, 0.1) is 31.1 Å². The number of aromatic nitrogens is 1. The number of aryl methyl sites for hydroxylation is 1. The molecule has 0 spiro atoms. The van der Waals surface area contributed by atoms with Crippen LogP contribution < -0.4 is 0 Å². The van der Waals surface area contributed by atoms with E-state index in [9.17, 15) is 19.5 Å². The number of Topliss-reactive ketones (excluding diaryl/α,β-unsaturated/α-hetero) is 2. The van der Waals surface area contributed by atoms with Gasteiger partial charge in [0.15, 0.2) is 11.9 Å². The van der Waals surface area contributed by atoms with E-state index in [0.717, 1.165) is 32.1 Å². The van der Waals surface area contributed by atoms with Gasteiger partial charge in [0, 0.05) is 11.3 Å². The molecule has 1 aromatic heterocycles. The Balaban J connectivity index is 1.52. The molecule has 4 fully saturated rings. The number of aromatic amines is 1. The van der Waals surface area contributed by atoms with Crippen molar-refractivity contribution < 1.29 is 24.2 Å². The molecule has 4 aliphatic rings. The number of esters is 1. The predicted octanol–water partition coefficient (Wildman–Crippen LogP) is 3.28. The Kier molecular flexibility index (Phi) is 4.34. The molecule has 1 aromatic rings. The molecule has 152 valence electrons. The van der Waals surface area contributed by atoms with Crippen molar-refractivity contribution in [3.05, 3.63) is 22.5 Å². The number of rotatable bonds is 5. The fraction of sp³-hybridized carbons (Fsp3) is 0.682. The molecule has 0 aromatic carbocycles. The van der Waals surface area contributed by atoms with E-state index in [1.807, 2.05) is 0 Å². The smallest absolute Gasteiger partial charge is 0.312 e. The number of carbonyl (C=O) groups is 3. The maximum Gasteiger partial charge on any atom is 0.312 e. The minimum Gasteiger partial charge on any atom is -0.454 e. The Morgan fingerprint density at radius 3 is 2.25 bits per heavy atom. The van der Waals surface area contributed by atoms with Crippen LogP contribution in [0.4, 0.5) is 0 Å². The lowest BCUT2D eigenvalue weighted by atomic mass is 9.48. The van der Waals surface area contributed by atoms with Gasteiger partial charge in [-0.05, 0) is 83.6 Å². The van der Waals surface area contributed by atoms with Crippen molar-refractivity contribution >= 4 is 17.5 Å². The van der Waals surface area contributed by atoms with Gasteiger partial charge >= 0.3 is 5.97 Å². The minimum absolute atomic E-state index is 0.100. The second-order valence-corrected chi connectivity index (χ2v) is 9.56. The average molecular weight is 387 g/mol. The minimum atomic E-state index is -0.938. The molecule has 4 bridgehead atoms. The maximum atomic E-state index is 13.1. The van der Waals surface area contributed by atoms with E-state index in [4.69, 9.17) is 4.74 Å². The molecule has 6 heteroatoms. The maximum absolute atomic E-state index is 13.1. The van der Waals surface area contributed by atoms with E-state index in [0.29, 0.717) is 40.8 Å². The van der Waals surface area contributed by atoms with Crippen molar-refractivity contribution in [3.8, 4) is 0 Å². The molecule has 5 rings (SSSR count). The Bertz CT molecular complexity index is 853. The van der Waals surface area contributed by atoms with Gasteiger partial charge < -0.3 is 14.8 Å². The SMILES string of the molecule is CC(=O)c1c(C)[nH]c(C(=O)[C@H](C)OC(=O)C23C[C@@H]4C[C@@H](CC(O)(C4)C2)C3)c1C. The van der Waals surface area contributed by atoms with Crippen LogP contribution in [0.5, 0.6) is 0 Å². The van der Waals surface area contributed by atoms with Crippen molar-refractivity contribution in [1.82, 2.24) is 4.98 Å². The van der Waals surface area contributed by atoms with Crippen LogP contribution in [0.2, 0.25) is 0 Å². The summed E-state index contributed by atoms with van der Waals surface area (Å²) in [4.78, 5) is 40.8. The van der Waals surface area contributed by atoms with Gasteiger partial charge in [0.2, 0.25) is 5.78 Å². The summed E-state index contributed by atoms with van der Waals surface area (Å²) in [7, 11) is 0. The zero-order chi connectivity index (χ0) is 20.4. The highest BCUT2D eigenvalue weighted by atomic mass is 16.5. The molecule has 0 saturated heterocycles. The lowest BCUT2D eigenvalue weighted by Gasteiger charge is -2.58. The Labute approximate surface area is 165 Å². The van der Waals surface area contributed by atoms with Gasteiger partial charge in [-0.3, -0.25) is 14.4 Å². The molecule has 0 radical (unpaired) electrons. The second-order valence-electron chi connectivity index (χ2n) is 9.56. The second kappa shape index (κ2) is 6.28. The summed E-state index contributed by atoms with van der Waals surface area (Å²) < 4.78 is 5.66. The molecule has 2 N–H and O–H groups in total. The van der Waals surface area contributed by atoms with Gasteiger partial charge in [-0.1, -0.05) is 0 Å². The molecule has 28 heavy (non-hydrogen) atoms. The van der Waals surface area contributed by atoms with Crippen molar-refractivity contribution in [2.45, 2.75) is 77.9 Å². The molecule has 0 aliphatic heterocycles. The number of nitrogens with one attached hydrogen (secondary N) is 1. The first kappa shape index (κ1) is 19.4. The Hall–Kier alpha value is -1.95. The van der Waals surface area contributed by atoms with Gasteiger partial charge in [0.05, 0.1) is 16.7 Å². The topological polar surface area (TPSA) is 96.5 Å². The number of hydrogen-bond donors (Lipinski definition) is 2. The largest absolute Gasteiger partial charge is 0.454 e. The summed E-state index contributed by atoms with van der Waals surface area (Å²) in [6.07, 6.45) is 3.65. The summed E-state index contributed by atoms with van der Waals surface area (Å²) in [6, 6.07) is 0. The molecule has 5 atom stereocenters. The third-order valence-corrected chi connectivity index (χ3v) is 7.15. The summed E-state index contributed by atoms with van der Waals surface area (Å²) in [5.74, 6) is -0.0392. The number of ether oxygens (including phenoxy) is 1. The standard InChI is InChI=1S/C22H29NO5/c1-11-17(13(3)24)12(2)23-18(11)19(25)14(4)28-20(26)21-6-15-5-16(7-21)9-22(27,8-15)10-21/h14-16,23,27H,5-10H2,1-4H3/t14-,15-,16+,21?,22?/m0/s1. The third-order valence-electron chi connectivity index (χ3n) is 7.15. The molecule has 4 aliphatic carbocycles. The van der Waals surface area contributed by atoms with Crippen LogP contribution in [-0.2, 0) is 9.53 Å². The van der Waals surface area contributed by atoms with Gasteiger partial charge in [-0.25, -0.2) is 0 Å². The van der Waals surface area contributed by atoms with Crippen molar-refractivity contribution in [3.63, 3.8) is 0 Å². The molecular weight excluding hydrogens is 358 g/mol. The van der Waals surface area contributed by atoms with Crippen LogP contribution in [0.3, 0.4) is 0 Å². The Morgan fingerprint density at radius 2 is 1.75 bits per heavy atom. The van der Waals surface area contributed by atoms with E-state index in [1.54, 1.807) is 20.8 Å². The average Bonchev–Trinajstić information content (AvgIpc) is 2.86. The Morgan fingerprint density at radius 1 is 1.14 bits per heavy atom. The predicted molar refractivity (Wildman–Crippen MR) is 102 cm³/mol. The zero-order valence-corrected chi connectivity index (χ0v) is 17.1. The monoisotopic (exact) mass is 387 g/mol. The van der Waals surface area contributed by atoms with E-state index in [1.165, 1.54) is 6.92 Å². The van der Waals surface area contributed by atoms with Crippen LogP contribution >= 0.6 is 0 Å². The fourth-order valence-corrected chi connectivity index (χ4v) is 6.52. The van der Waals surface area contributed by atoms with Gasteiger partial charge in [0.1, 0.15) is 0 Å². The molecule has 4 saturated carbocycles. The highest BCUT2D eigenvalue weighted by Gasteiger charge is 2.61. The summed E-state index contributed by atoms with van der Waals surface area (Å²) in [5.41, 5.74) is 0.688. The van der Waals surface area contributed by atoms with Gasteiger partial charge in [-0.2, -0.15) is 0 Å². The van der Waals surface area contributed by atoms with Gasteiger partial charge in [-0.15, -0.1) is 0 Å². The lowest BCUT2D eigenvalue weighted by Crippen LogP contribution is -2.58. The highest BCUT2D eigenvalue weighted by Crippen LogP contribution is 2.62. The number of H-pyrrole nitrogens is 1. The summed E-state index contributed by atoms with van der Waals surface area (Å²) in [5, 5.41) is 10.8. The number of hydrogen-bond acceptors (Lipinski definition) is 5. The summed E-state index contributed by atoms with van der Waals surface area (Å²) in [6.45, 7) is 6.54. The van der Waals surface area contributed by atoms with Crippen molar-refractivity contribution in [2.24, 2.45) is 17.3 Å². The fourth-order valence-electron chi connectivity index (χ4n) is 6.52. The number of ketones is 2. The van der Waals surface area contributed by atoms with Crippen LogP contribution in [-0.4, -0.2) is 39.3 Å². The van der Waals surface area contributed by atoms with E-state index in [-0.39, 0.29) is 17.5 Å². The van der Waals surface area contributed by atoms with E-state index < -0.39 is 17.1 Å². The molecule has 1 heterocycles. The molecular formula is C22H29NO5. The quantitative estimate of drug-likeness (QED) is 0.597.